The zero-order valence-corrected chi connectivity index (χ0v) is 16.4. The van der Waals surface area contributed by atoms with E-state index in [0.717, 1.165) is 41.3 Å². The minimum absolute atomic E-state index is 0.0857. The molecule has 0 saturated carbocycles. The number of fused-ring (bicyclic) bond motifs is 1. The van der Waals surface area contributed by atoms with E-state index in [-0.39, 0.29) is 5.82 Å². The highest BCUT2D eigenvalue weighted by Crippen LogP contribution is 2.29. The lowest BCUT2D eigenvalue weighted by molar-refractivity contribution is -0.391. The van der Waals surface area contributed by atoms with Crippen molar-refractivity contribution in [3.8, 4) is 11.6 Å². The summed E-state index contributed by atoms with van der Waals surface area (Å²) in [6, 6.07) is 7.81. The van der Waals surface area contributed by atoms with Gasteiger partial charge in [0.15, 0.2) is 0 Å². The van der Waals surface area contributed by atoms with E-state index < -0.39 is 4.92 Å². The number of imidazole rings is 1. The van der Waals surface area contributed by atoms with Crippen LogP contribution in [0.3, 0.4) is 0 Å². The number of rotatable bonds is 8. The van der Waals surface area contributed by atoms with Gasteiger partial charge in [-0.05, 0) is 24.1 Å². The smallest absolute Gasteiger partial charge is 0.343 e. The van der Waals surface area contributed by atoms with Gasteiger partial charge in [-0.25, -0.2) is 19.5 Å². The van der Waals surface area contributed by atoms with Crippen molar-refractivity contribution in [1.29, 1.82) is 0 Å². The fourth-order valence-electron chi connectivity index (χ4n) is 2.85. The lowest BCUT2D eigenvalue weighted by Crippen LogP contribution is -2.25. The second kappa shape index (κ2) is 8.45. The molecule has 0 atom stereocenters. The summed E-state index contributed by atoms with van der Waals surface area (Å²) in [6.45, 7) is 7.31. The Kier molecular flexibility index (Phi) is 6.02. The highest BCUT2D eigenvalue weighted by molar-refractivity contribution is 7.99. The molecule has 0 unspecified atom stereocenters. The van der Waals surface area contributed by atoms with Crippen molar-refractivity contribution >= 4 is 28.5 Å². The van der Waals surface area contributed by atoms with Crippen molar-refractivity contribution < 1.29 is 4.92 Å². The Bertz CT molecular complexity index is 954. The number of hydrogen-bond donors (Lipinski definition) is 0. The van der Waals surface area contributed by atoms with Crippen molar-refractivity contribution in [2.75, 3.05) is 25.4 Å². The number of nitro groups is 1. The SMILES string of the molecule is CCN(CC)CCSc1nc(-c2ncc([N+](=O)[O-])n2C)nc2ccccc12. The zero-order chi connectivity index (χ0) is 19.4. The van der Waals surface area contributed by atoms with Gasteiger partial charge in [-0.15, -0.1) is 11.8 Å². The fourth-order valence-corrected chi connectivity index (χ4v) is 3.87. The number of para-hydroxylation sites is 1. The van der Waals surface area contributed by atoms with E-state index in [2.05, 4.69) is 33.7 Å². The van der Waals surface area contributed by atoms with Gasteiger partial charge in [0.25, 0.3) is 5.82 Å². The molecule has 0 aliphatic carbocycles. The molecule has 0 bridgehead atoms. The largest absolute Gasteiger partial charge is 0.358 e. The summed E-state index contributed by atoms with van der Waals surface area (Å²) in [4.78, 5) is 26.4. The molecule has 0 aliphatic heterocycles. The van der Waals surface area contributed by atoms with Gasteiger partial charge in [0, 0.05) is 17.7 Å². The van der Waals surface area contributed by atoms with E-state index in [0.29, 0.717) is 11.6 Å². The van der Waals surface area contributed by atoms with Gasteiger partial charge in [-0.2, -0.15) is 0 Å². The lowest BCUT2D eigenvalue weighted by atomic mass is 10.2. The normalized spacial score (nSPS) is 11.4. The second-order valence-corrected chi connectivity index (χ2v) is 7.08. The third-order valence-electron chi connectivity index (χ3n) is 4.46. The van der Waals surface area contributed by atoms with Crippen LogP contribution in [0.2, 0.25) is 0 Å². The van der Waals surface area contributed by atoms with Crippen molar-refractivity contribution in [3.05, 3.63) is 40.6 Å². The quantitative estimate of drug-likeness (QED) is 0.254. The van der Waals surface area contributed by atoms with Gasteiger partial charge in [-0.3, -0.25) is 0 Å². The highest BCUT2D eigenvalue weighted by atomic mass is 32.2. The van der Waals surface area contributed by atoms with Crippen LogP contribution >= 0.6 is 11.8 Å². The summed E-state index contributed by atoms with van der Waals surface area (Å²) >= 11 is 1.67. The first-order chi connectivity index (χ1) is 13.0. The Morgan fingerprint density at radius 1 is 1.22 bits per heavy atom. The summed E-state index contributed by atoms with van der Waals surface area (Å²) in [6.07, 6.45) is 1.24. The number of nitrogens with zero attached hydrogens (tertiary/aromatic N) is 6. The topological polar surface area (TPSA) is 90.0 Å². The molecule has 8 nitrogen and oxygen atoms in total. The molecular weight excluding hydrogens is 364 g/mol. The first kappa shape index (κ1) is 19.2. The highest BCUT2D eigenvalue weighted by Gasteiger charge is 2.21. The molecule has 3 aromatic rings. The molecule has 0 N–H and O–H groups in total. The van der Waals surface area contributed by atoms with Gasteiger partial charge >= 0.3 is 5.82 Å². The molecule has 0 saturated heterocycles. The predicted molar refractivity (Wildman–Crippen MR) is 107 cm³/mol. The third kappa shape index (κ3) is 4.09. The van der Waals surface area contributed by atoms with Crippen molar-refractivity contribution in [2.45, 2.75) is 18.9 Å². The molecule has 142 valence electrons. The first-order valence-electron chi connectivity index (χ1n) is 8.83. The maximum atomic E-state index is 11.1. The molecule has 0 radical (unpaired) electrons. The monoisotopic (exact) mass is 386 g/mol. The Hall–Kier alpha value is -2.52. The van der Waals surface area contributed by atoms with Crippen LogP contribution in [0.25, 0.3) is 22.6 Å². The van der Waals surface area contributed by atoms with Crippen LogP contribution in [-0.4, -0.2) is 54.7 Å². The molecule has 9 heteroatoms. The van der Waals surface area contributed by atoms with E-state index in [4.69, 9.17) is 0 Å². The van der Waals surface area contributed by atoms with Crippen LogP contribution in [0.5, 0.6) is 0 Å². The van der Waals surface area contributed by atoms with Crippen molar-refractivity contribution in [3.63, 3.8) is 0 Å². The van der Waals surface area contributed by atoms with Crippen molar-refractivity contribution in [1.82, 2.24) is 24.4 Å². The molecule has 3 rings (SSSR count). The number of thioether (sulfide) groups is 1. The molecule has 0 spiro atoms. The average Bonchev–Trinajstić information content (AvgIpc) is 3.06. The maximum absolute atomic E-state index is 11.1. The molecule has 0 amide bonds. The molecule has 1 aromatic carbocycles. The molecular formula is C18H22N6O2S. The van der Waals surface area contributed by atoms with Gasteiger partial charge in [0.05, 0.1) is 12.6 Å². The van der Waals surface area contributed by atoms with Crippen LogP contribution in [-0.2, 0) is 7.05 Å². The summed E-state index contributed by atoms with van der Waals surface area (Å²) in [5.74, 6) is 1.60. The summed E-state index contributed by atoms with van der Waals surface area (Å²) in [5.41, 5.74) is 0.804. The lowest BCUT2D eigenvalue weighted by Gasteiger charge is -2.17. The molecule has 27 heavy (non-hydrogen) atoms. The summed E-state index contributed by atoms with van der Waals surface area (Å²) in [5, 5.41) is 13.0. The molecule has 2 heterocycles. The first-order valence-corrected chi connectivity index (χ1v) is 9.82. The average molecular weight is 386 g/mol. The Balaban J connectivity index is 1.97. The molecule has 0 aliphatic rings. The van der Waals surface area contributed by atoms with E-state index in [9.17, 15) is 10.1 Å². The Morgan fingerprint density at radius 3 is 2.63 bits per heavy atom. The number of hydrogen-bond acceptors (Lipinski definition) is 7. The maximum Gasteiger partial charge on any atom is 0.343 e. The molecule has 0 fully saturated rings. The third-order valence-corrected chi connectivity index (χ3v) is 5.43. The second-order valence-electron chi connectivity index (χ2n) is 6.00. The molecule has 2 aromatic heterocycles. The Morgan fingerprint density at radius 2 is 1.96 bits per heavy atom. The Labute approximate surface area is 161 Å². The van der Waals surface area contributed by atoms with Crippen LogP contribution in [0.15, 0.2) is 35.5 Å². The van der Waals surface area contributed by atoms with Gasteiger partial charge in [0.1, 0.15) is 11.2 Å². The van der Waals surface area contributed by atoms with Gasteiger partial charge in [0.2, 0.25) is 5.82 Å². The van der Waals surface area contributed by atoms with E-state index in [1.54, 1.807) is 18.8 Å². The zero-order valence-electron chi connectivity index (χ0n) is 15.6. The minimum Gasteiger partial charge on any atom is -0.358 e. The van der Waals surface area contributed by atoms with Crippen LogP contribution in [0, 0.1) is 10.1 Å². The fraction of sp³-hybridized carbons (Fsp3) is 0.389. The standard InChI is InChI=1S/C18H22N6O2S/c1-4-23(5-2)10-11-27-18-13-8-6-7-9-14(13)20-16(21-18)17-19-12-15(22(17)3)24(25)26/h6-9,12H,4-5,10-11H2,1-3H3. The van der Waals surface area contributed by atoms with E-state index >= 15 is 0 Å². The predicted octanol–water partition coefficient (Wildman–Crippen LogP) is 3.37. The van der Waals surface area contributed by atoms with Crippen LogP contribution in [0.1, 0.15) is 13.8 Å². The van der Waals surface area contributed by atoms with E-state index in [1.807, 2.05) is 24.3 Å². The van der Waals surface area contributed by atoms with Crippen LogP contribution in [0.4, 0.5) is 5.82 Å². The summed E-state index contributed by atoms with van der Waals surface area (Å²) in [7, 11) is 1.60. The van der Waals surface area contributed by atoms with Gasteiger partial charge < -0.3 is 15.0 Å². The number of aromatic nitrogens is 4. The van der Waals surface area contributed by atoms with Crippen molar-refractivity contribution in [2.24, 2.45) is 7.05 Å². The summed E-state index contributed by atoms with van der Waals surface area (Å²) < 4.78 is 1.41. The number of benzene rings is 1. The minimum atomic E-state index is -0.461. The van der Waals surface area contributed by atoms with Gasteiger partial charge in [-0.1, -0.05) is 32.0 Å². The van der Waals surface area contributed by atoms with E-state index in [1.165, 1.54) is 10.8 Å². The van der Waals surface area contributed by atoms with Crippen LogP contribution < -0.4 is 0 Å².